The second-order valence-electron chi connectivity index (χ2n) is 7.18. The zero-order valence-corrected chi connectivity index (χ0v) is 16.4. The highest BCUT2D eigenvalue weighted by atomic mass is 32.1. The third-order valence-corrected chi connectivity index (χ3v) is 6.15. The van der Waals surface area contributed by atoms with Crippen LogP contribution in [-0.2, 0) is 6.42 Å². The van der Waals surface area contributed by atoms with Crippen molar-refractivity contribution in [3.8, 4) is 0 Å². The Morgan fingerprint density at radius 2 is 1.85 bits per heavy atom. The molecule has 1 amide bonds. The molecule has 3 aromatic rings. The first kappa shape index (κ1) is 17.7. The Labute approximate surface area is 161 Å². The van der Waals surface area contributed by atoms with E-state index in [4.69, 9.17) is 5.73 Å². The van der Waals surface area contributed by atoms with Crippen molar-refractivity contribution >= 4 is 44.6 Å². The first-order chi connectivity index (χ1) is 12.8. The SMILES string of the molecule is Cc1cc(C)c(NC(=O)c2sc3nc4c(cc3c2N)C(=O)CCC4)c(C)c1. The number of carbonyl (C=O) groups is 2. The summed E-state index contributed by atoms with van der Waals surface area (Å²) >= 11 is 1.28. The molecule has 27 heavy (non-hydrogen) atoms. The lowest BCUT2D eigenvalue weighted by Crippen LogP contribution is -2.14. The number of nitrogens with two attached hydrogens (primary N) is 1. The van der Waals surface area contributed by atoms with Crippen LogP contribution in [0.3, 0.4) is 0 Å². The maximum atomic E-state index is 12.9. The number of hydrogen-bond donors (Lipinski definition) is 2. The number of nitrogens with zero attached hydrogens (tertiary/aromatic N) is 1. The molecule has 2 heterocycles. The van der Waals surface area contributed by atoms with Crippen molar-refractivity contribution in [3.05, 3.63) is 51.0 Å². The number of nitrogens with one attached hydrogen (secondary N) is 1. The number of pyridine rings is 1. The molecular formula is C21H21N3O2S. The van der Waals surface area contributed by atoms with E-state index in [1.54, 1.807) is 0 Å². The molecule has 0 bridgehead atoms. The second-order valence-corrected chi connectivity index (χ2v) is 8.18. The van der Waals surface area contributed by atoms with Gasteiger partial charge in [-0.25, -0.2) is 4.98 Å². The molecule has 1 aliphatic carbocycles. The van der Waals surface area contributed by atoms with Crippen molar-refractivity contribution in [1.82, 2.24) is 4.98 Å². The topological polar surface area (TPSA) is 85.1 Å². The van der Waals surface area contributed by atoms with E-state index < -0.39 is 0 Å². The van der Waals surface area contributed by atoms with Crippen molar-refractivity contribution in [2.75, 3.05) is 11.1 Å². The first-order valence-corrected chi connectivity index (χ1v) is 9.81. The van der Waals surface area contributed by atoms with Gasteiger partial charge < -0.3 is 11.1 Å². The second kappa shape index (κ2) is 6.46. The number of fused-ring (bicyclic) bond motifs is 2. The van der Waals surface area contributed by atoms with Crippen molar-refractivity contribution < 1.29 is 9.59 Å². The number of carbonyl (C=O) groups excluding carboxylic acids is 2. The molecule has 1 aliphatic rings. The fraction of sp³-hybridized carbons (Fsp3) is 0.286. The number of anilines is 2. The fourth-order valence-corrected chi connectivity index (χ4v) is 4.77. The number of benzene rings is 1. The third-order valence-electron chi connectivity index (χ3n) is 5.04. The lowest BCUT2D eigenvalue weighted by molar-refractivity contribution is 0.0970. The molecule has 5 nitrogen and oxygen atoms in total. The van der Waals surface area contributed by atoms with Crippen molar-refractivity contribution in [2.24, 2.45) is 0 Å². The minimum absolute atomic E-state index is 0.105. The summed E-state index contributed by atoms with van der Waals surface area (Å²) < 4.78 is 0. The van der Waals surface area contributed by atoms with E-state index >= 15 is 0 Å². The van der Waals surface area contributed by atoms with E-state index in [-0.39, 0.29) is 11.7 Å². The summed E-state index contributed by atoms with van der Waals surface area (Å²) in [6.07, 6.45) is 2.16. The molecule has 2 aromatic heterocycles. The van der Waals surface area contributed by atoms with Crippen LogP contribution in [0, 0.1) is 20.8 Å². The van der Waals surface area contributed by atoms with E-state index in [0.29, 0.717) is 32.8 Å². The molecule has 0 saturated carbocycles. The third kappa shape index (κ3) is 3.00. The molecule has 0 aliphatic heterocycles. The molecule has 0 saturated heterocycles. The highest BCUT2D eigenvalue weighted by molar-refractivity contribution is 7.21. The molecule has 0 unspecified atom stereocenters. The molecule has 0 spiro atoms. The van der Waals surface area contributed by atoms with Gasteiger partial charge in [0.15, 0.2) is 5.78 Å². The van der Waals surface area contributed by atoms with Gasteiger partial charge in [-0.15, -0.1) is 11.3 Å². The van der Waals surface area contributed by atoms with Gasteiger partial charge in [0.25, 0.3) is 5.91 Å². The Morgan fingerprint density at radius 3 is 2.56 bits per heavy atom. The van der Waals surface area contributed by atoms with Gasteiger partial charge in [-0.05, 0) is 50.8 Å². The number of ketones is 1. The molecule has 4 rings (SSSR count). The molecule has 6 heteroatoms. The predicted octanol–water partition coefficient (Wildman–Crippen LogP) is 4.58. The average Bonchev–Trinajstić information content (AvgIpc) is 2.93. The molecule has 0 atom stereocenters. The van der Waals surface area contributed by atoms with Gasteiger partial charge in [0.05, 0.1) is 11.4 Å². The van der Waals surface area contributed by atoms with Crippen LogP contribution in [0.4, 0.5) is 11.4 Å². The van der Waals surface area contributed by atoms with Crippen molar-refractivity contribution in [3.63, 3.8) is 0 Å². The lowest BCUT2D eigenvalue weighted by Gasteiger charge is -2.13. The minimum Gasteiger partial charge on any atom is -0.397 e. The van der Waals surface area contributed by atoms with Gasteiger partial charge in [0, 0.05) is 23.1 Å². The molecule has 0 radical (unpaired) electrons. The summed E-state index contributed by atoms with van der Waals surface area (Å²) in [4.78, 5) is 30.8. The van der Waals surface area contributed by atoms with Gasteiger partial charge in [-0.3, -0.25) is 9.59 Å². The van der Waals surface area contributed by atoms with Crippen LogP contribution in [0.25, 0.3) is 10.2 Å². The van der Waals surface area contributed by atoms with Gasteiger partial charge in [-0.1, -0.05) is 17.7 Å². The molecule has 138 valence electrons. The minimum atomic E-state index is -0.241. The monoisotopic (exact) mass is 379 g/mol. The number of amides is 1. The Balaban J connectivity index is 1.75. The maximum absolute atomic E-state index is 12.9. The summed E-state index contributed by atoms with van der Waals surface area (Å²) in [5, 5.41) is 3.69. The highest BCUT2D eigenvalue weighted by Crippen LogP contribution is 2.36. The standard InChI is InChI=1S/C21H21N3O2S/c1-10-7-11(2)18(12(3)8-10)24-20(26)19-17(22)14-9-13-15(23-21(14)27-19)5-4-6-16(13)25/h7-9H,4-6,22H2,1-3H3,(H,24,26). The van der Waals surface area contributed by atoms with E-state index in [1.165, 1.54) is 11.3 Å². The van der Waals surface area contributed by atoms with Crippen molar-refractivity contribution in [1.29, 1.82) is 0 Å². The van der Waals surface area contributed by atoms with E-state index in [1.807, 2.05) is 39.0 Å². The zero-order chi connectivity index (χ0) is 19.3. The van der Waals surface area contributed by atoms with Crippen LogP contribution < -0.4 is 11.1 Å². The number of aromatic nitrogens is 1. The quantitative estimate of drug-likeness (QED) is 0.683. The van der Waals surface area contributed by atoms with Crippen LogP contribution in [0.5, 0.6) is 0 Å². The fourth-order valence-electron chi connectivity index (χ4n) is 3.78. The Kier molecular flexibility index (Phi) is 4.23. The Morgan fingerprint density at radius 1 is 1.15 bits per heavy atom. The molecule has 1 aromatic carbocycles. The van der Waals surface area contributed by atoms with Crippen LogP contribution in [0.15, 0.2) is 18.2 Å². The molecular weight excluding hydrogens is 358 g/mol. The van der Waals surface area contributed by atoms with Gasteiger partial charge in [0.2, 0.25) is 0 Å². The number of hydrogen-bond acceptors (Lipinski definition) is 5. The van der Waals surface area contributed by atoms with Gasteiger partial charge in [-0.2, -0.15) is 0 Å². The first-order valence-electron chi connectivity index (χ1n) is 8.99. The Hall–Kier alpha value is -2.73. The maximum Gasteiger partial charge on any atom is 0.267 e. The van der Waals surface area contributed by atoms with Crippen LogP contribution >= 0.6 is 11.3 Å². The van der Waals surface area contributed by atoms with Crippen LogP contribution in [0.2, 0.25) is 0 Å². The van der Waals surface area contributed by atoms with E-state index in [0.717, 1.165) is 40.9 Å². The molecule has 0 fully saturated rings. The van der Waals surface area contributed by atoms with Gasteiger partial charge in [0.1, 0.15) is 9.71 Å². The number of thiophene rings is 1. The zero-order valence-electron chi connectivity index (χ0n) is 15.6. The summed E-state index contributed by atoms with van der Waals surface area (Å²) in [5.41, 5.74) is 12.1. The predicted molar refractivity (Wildman–Crippen MR) is 110 cm³/mol. The lowest BCUT2D eigenvalue weighted by atomic mass is 9.94. The van der Waals surface area contributed by atoms with Crippen LogP contribution in [0.1, 0.15) is 55.3 Å². The van der Waals surface area contributed by atoms with E-state index in [9.17, 15) is 9.59 Å². The van der Waals surface area contributed by atoms with Crippen molar-refractivity contribution in [2.45, 2.75) is 40.0 Å². The Bertz CT molecular complexity index is 1090. The summed E-state index contributed by atoms with van der Waals surface area (Å²) in [7, 11) is 0. The average molecular weight is 379 g/mol. The highest BCUT2D eigenvalue weighted by Gasteiger charge is 2.24. The number of Topliss-reactive ketones (excluding diaryl/α,β-unsaturated/α-hetero) is 1. The molecule has 3 N–H and O–H groups in total. The largest absolute Gasteiger partial charge is 0.397 e. The number of rotatable bonds is 2. The number of aryl methyl sites for hydroxylation is 4. The normalized spacial score (nSPS) is 13.7. The van der Waals surface area contributed by atoms with Crippen LogP contribution in [-0.4, -0.2) is 16.7 Å². The summed E-state index contributed by atoms with van der Waals surface area (Å²) in [5.74, 6) is -0.136. The smallest absolute Gasteiger partial charge is 0.267 e. The summed E-state index contributed by atoms with van der Waals surface area (Å²) in [6.45, 7) is 5.99. The summed E-state index contributed by atoms with van der Waals surface area (Å²) in [6, 6.07) is 5.89. The van der Waals surface area contributed by atoms with Gasteiger partial charge >= 0.3 is 0 Å². The number of nitrogen functional groups attached to an aromatic ring is 1. The van der Waals surface area contributed by atoms with E-state index in [2.05, 4.69) is 10.3 Å².